The van der Waals surface area contributed by atoms with Crippen molar-refractivity contribution in [2.45, 2.75) is 46.1 Å². The van der Waals surface area contributed by atoms with Crippen LogP contribution in [0.1, 0.15) is 40.0 Å². The van der Waals surface area contributed by atoms with Gasteiger partial charge in [0.15, 0.2) is 0 Å². The molecular formula is C13H21BrN2. The first-order chi connectivity index (χ1) is 7.70. The fourth-order valence-electron chi connectivity index (χ4n) is 1.73. The van der Waals surface area contributed by atoms with Crippen LogP contribution in [0.25, 0.3) is 0 Å². The molecule has 0 saturated heterocycles. The number of halogens is 1. The zero-order valence-electron chi connectivity index (χ0n) is 10.4. The Morgan fingerprint density at radius 3 is 2.75 bits per heavy atom. The minimum Gasteiger partial charge on any atom is -0.368 e. The van der Waals surface area contributed by atoms with Gasteiger partial charge >= 0.3 is 0 Å². The summed E-state index contributed by atoms with van der Waals surface area (Å²) in [5, 5.41) is 0. The summed E-state index contributed by atoms with van der Waals surface area (Å²) in [6.07, 6.45) is 7.37. The fourth-order valence-corrected chi connectivity index (χ4v) is 2.21. The summed E-state index contributed by atoms with van der Waals surface area (Å²) in [6.45, 7) is 7.87. The molecule has 3 heteroatoms. The number of anilines is 1. The average molecular weight is 285 g/mol. The van der Waals surface area contributed by atoms with E-state index in [-0.39, 0.29) is 0 Å². The first-order valence-corrected chi connectivity index (χ1v) is 6.86. The summed E-state index contributed by atoms with van der Waals surface area (Å²) in [5.41, 5.74) is 1.26. The SMILES string of the molecule is CCCCN(c1ccncc1Br)C(C)CC. The number of pyridine rings is 1. The van der Waals surface area contributed by atoms with Crippen LogP contribution in [0.4, 0.5) is 5.69 Å². The van der Waals surface area contributed by atoms with Gasteiger partial charge in [-0.25, -0.2) is 0 Å². The van der Waals surface area contributed by atoms with Crippen LogP contribution in [0.15, 0.2) is 22.9 Å². The molecule has 0 aliphatic heterocycles. The molecule has 1 heterocycles. The van der Waals surface area contributed by atoms with Crippen molar-refractivity contribution in [1.82, 2.24) is 4.98 Å². The quantitative estimate of drug-likeness (QED) is 0.776. The molecule has 0 aliphatic carbocycles. The zero-order chi connectivity index (χ0) is 12.0. The van der Waals surface area contributed by atoms with Crippen LogP contribution in [-0.4, -0.2) is 17.6 Å². The van der Waals surface area contributed by atoms with Gasteiger partial charge in [0, 0.05) is 25.0 Å². The summed E-state index contributed by atoms with van der Waals surface area (Å²) in [7, 11) is 0. The summed E-state index contributed by atoms with van der Waals surface area (Å²) < 4.78 is 1.09. The van der Waals surface area contributed by atoms with Gasteiger partial charge in [0.05, 0.1) is 10.2 Å². The maximum absolute atomic E-state index is 4.12. The van der Waals surface area contributed by atoms with E-state index >= 15 is 0 Å². The van der Waals surface area contributed by atoms with Crippen LogP contribution < -0.4 is 4.90 Å². The van der Waals surface area contributed by atoms with Gasteiger partial charge in [0.2, 0.25) is 0 Å². The van der Waals surface area contributed by atoms with Crippen molar-refractivity contribution in [2.75, 3.05) is 11.4 Å². The molecule has 16 heavy (non-hydrogen) atoms. The maximum atomic E-state index is 4.12. The summed E-state index contributed by atoms with van der Waals surface area (Å²) in [4.78, 5) is 6.59. The first kappa shape index (κ1) is 13.5. The van der Waals surface area contributed by atoms with E-state index in [4.69, 9.17) is 0 Å². The van der Waals surface area contributed by atoms with Crippen LogP contribution in [0, 0.1) is 0 Å². The van der Waals surface area contributed by atoms with Crippen LogP contribution in [-0.2, 0) is 0 Å². The summed E-state index contributed by atoms with van der Waals surface area (Å²) >= 11 is 3.58. The summed E-state index contributed by atoms with van der Waals surface area (Å²) in [5.74, 6) is 0. The predicted molar refractivity (Wildman–Crippen MR) is 73.9 cm³/mol. The highest BCUT2D eigenvalue weighted by atomic mass is 79.9. The van der Waals surface area contributed by atoms with Gasteiger partial charge in [-0.05, 0) is 41.8 Å². The van der Waals surface area contributed by atoms with Gasteiger partial charge in [-0.3, -0.25) is 4.98 Å². The molecule has 1 unspecified atom stereocenters. The maximum Gasteiger partial charge on any atom is 0.0592 e. The largest absolute Gasteiger partial charge is 0.368 e. The standard InChI is InChI=1S/C13H21BrN2/c1-4-6-9-16(11(3)5-2)13-7-8-15-10-12(13)14/h7-8,10-11H,4-6,9H2,1-3H3. The van der Waals surface area contributed by atoms with E-state index in [1.807, 2.05) is 12.4 Å². The molecule has 0 bridgehead atoms. The Bertz CT molecular complexity index is 315. The van der Waals surface area contributed by atoms with E-state index in [2.05, 4.69) is 52.7 Å². The van der Waals surface area contributed by atoms with Crippen LogP contribution in [0.2, 0.25) is 0 Å². The van der Waals surface area contributed by atoms with Gasteiger partial charge < -0.3 is 4.90 Å². The second-order valence-corrected chi connectivity index (χ2v) is 4.99. The van der Waals surface area contributed by atoms with Crippen LogP contribution >= 0.6 is 15.9 Å². The molecule has 1 aromatic rings. The number of hydrogen-bond acceptors (Lipinski definition) is 2. The highest BCUT2D eigenvalue weighted by Gasteiger charge is 2.14. The molecule has 1 rings (SSSR count). The minimum atomic E-state index is 0.574. The van der Waals surface area contributed by atoms with Gasteiger partial charge in [-0.1, -0.05) is 20.3 Å². The third-order valence-electron chi connectivity index (χ3n) is 2.94. The minimum absolute atomic E-state index is 0.574. The zero-order valence-corrected chi connectivity index (χ0v) is 12.0. The molecule has 90 valence electrons. The lowest BCUT2D eigenvalue weighted by molar-refractivity contribution is 0.594. The number of aromatic nitrogens is 1. The molecular weight excluding hydrogens is 264 g/mol. The molecule has 0 fully saturated rings. The van der Waals surface area contributed by atoms with E-state index in [1.54, 1.807) is 0 Å². The normalized spacial score (nSPS) is 12.5. The second-order valence-electron chi connectivity index (χ2n) is 4.13. The van der Waals surface area contributed by atoms with Gasteiger partial charge in [0.1, 0.15) is 0 Å². The van der Waals surface area contributed by atoms with Crippen molar-refractivity contribution in [3.63, 3.8) is 0 Å². The Kier molecular flexibility index (Phi) is 5.81. The smallest absolute Gasteiger partial charge is 0.0592 e. The van der Waals surface area contributed by atoms with Gasteiger partial charge in [-0.2, -0.15) is 0 Å². The Balaban J connectivity index is 2.87. The lowest BCUT2D eigenvalue weighted by atomic mass is 10.1. The van der Waals surface area contributed by atoms with Crippen LogP contribution in [0.3, 0.4) is 0 Å². The fraction of sp³-hybridized carbons (Fsp3) is 0.615. The third-order valence-corrected chi connectivity index (χ3v) is 3.55. The Hall–Kier alpha value is -0.570. The topological polar surface area (TPSA) is 16.1 Å². The van der Waals surface area contributed by atoms with Crippen molar-refractivity contribution in [3.05, 3.63) is 22.9 Å². The Labute approximate surface area is 107 Å². The third kappa shape index (κ3) is 3.48. The van der Waals surface area contributed by atoms with Crippen LogP contribution in [0.5, 0.6) is 0 Å². The lowest BCUT2D eigenvalue weighted by Gasteiger charge is -2.31. The van der Waals surface area contributed by atoms with Crippen molar-refractivity contribution >= 4 is 21.6 Å². The molecule has 0 spiro atoms. The molecule has 0 aliphatic rings. The summed E-state index contributed by atoms with van der Waals surface area (Å²) in [6, 6.07) is 2.66. The second kappa shape index (κ2) is 6.89. The molecule has 1 aromatic heterocycles. The molecule has 2 nitrogen and oxygen atoms in total. The molecule has 0 N–H and O–H groups in total. The molecule has 0 aromatic carbocycles. The number of hydrogen-bond donors (Lipinski definition) is 0. The Morgan fingerprint density at radius 2 is 2.19 bits per heavy atom. The monoisotopic (exact) mass is 284 g/mol. The van der Waals surface area contributed by atoms with E-state index < -0.39 is 0 Å². The molecule has 0 radical (unpaired) electrons. The average Bonchev–Trinajstić information content (AvgIpc) is 2.31. The Morgan fingerprint density at radius 1 is 1.44 bits per heavy atom. The van der Waals surface area contributed by atoms with E-state index in [0.29, 0.717) is 6.04 Å². The number of unbranched alkanes of at least 4 members (excludes halogenated alkanes) is 1. The highest BCUT2D eigenvalue weighted by molar-refractivity contribution is 9.10. The van der Waals surface area contributed by atoms with Gasteiger partial charge in [0.25, 0.3) is 0 Å². The van der Waals surface area contributed by atoms with Crippen molar-refractivity contribution < 1.29 is 0 Å². The molecule has 0 saturated carbocycles. The van der Waals surface area contributed by atoms with Crippen molar-refractivity contribution in [2.24, 2.45) is 0 Å². The predicted octanol–water partition coefficient (Wildman–Crippen LogP) is 4.25. The molecule has 0 amide bonds. The van der Waals surface area contributed by atoms with E-state index in [1.165, 1.54) is 24.9 Å². The van der Waals surface area contributed by atoms with E-state index in [0.717, 1.165) is 11.0 Å². The highest BCUT2D eigenvalue weighted by Crippen LogP contribution is 2.27. The lowest BCUT2D eigenvalue weighted by Crippen LogP contribution is -2.33. The molecule has 1 atom stereocenters. The van der Waals surface area contributed by atoms with Crippen molar-refractivity contribution in [3.8, 4) is 0 Å². The number of rotatable bonds is 6. The van der Waals surface area contributed by atoms with Gasteiger partial charge in [-0.15, -0.1) is 0 Å². The van der Waals surface area contributed by atoms with E-state index in [9.17, 15) is 0 Å². The van der Waals surface area contributed by atoms with Crippen molar-refractivity contribution in [1.29, 1.82) is 0 Å². The number of nitrogens with zero attached hydrogens (tertiary/aromatic N) is 2. The first-order valence-electron chi connectivity index (χ1n) is 6.06.